The molecule has 0 radical (unpaired) electrons. The second-order valence-corrected chi connectivity index (χ2v) is 5.40. The molecule has 4 nitrogen and oxygen atoms in total. The zero-order chi connectivity index (χ0) is 13.2. The SMILES string of the molecule is CC[N+](C)(C)CCO.CC[N+](C)(C)CCO.[Br-].[Br-]. The topological polar surface area (TPSA) is 40.5 Å². The molecule has 6 heteroatoms. The molecule has 0 unspecified atom stereocenters. The van der Waals surface area contributed by atoms with Gasteiger partial charge in [0.05, 0.1) is 54.5 Å². The Morgan fingerprint density at radius 1 is 0.667 bits per heavy atom. The number of quaternary nitrogens is 2. The number of nitrogens with zero attached hydrogens (tertiary/aromatic N) is 2. The number of aliphatic hydroxyl groups is 2. The van der Waals surface area contributed by atoms with E-state index < -0.39 is 0 Å². The summed E-state index contributed by atoms with van der Waals surface area (Å²) >= 11 is 0. The molecule has 0 saturated carbocycles. The minimum atomic E-state index is 0. The lowest BCUT2D eigenvalue weighted by atomic mass is 10.4. The highest BCUT2D eigenvalue weighted by molar-refractivity contribution is 4.25. The second-order valence-electron chi connectivity index (χ2n) is 5.40. The van der Waals surface area contributed by atoms with Gasteiger partial charge in [0, 0.05) is 0 Å². The Morgan fingerprint density at radius 3 is 0.944 bits per heavy atom. The van der Waals surface area contributed by atoms with Crippen molar-refractivity contribution in [1.29, 1.82) is 0 Å². The van der Waals surface area contributed by atoms with E-state index in [2.05, 4.69) is 42.0 Å². The van der Waals surface area contributed by atoms with Crippen LogP contribution in [0.15, 0.2) is 0 Å². The Balaban J connectivity index is -0.0000000980. The maximum absolute atomic E-state index is 8.52. The number of halogens is 2. The normalized spacial score (nSPS) is 10.7. The lowest BCUT2D eigenvalue weighted by Gasteiger charge is -2.26. The standard InChI is InChI=1S/2C6H16NO.2BrH/c2*1-4-7(2,3)5-6-8;;/h2*8H,4-6H2,1-3H3;2*1H/q2*+1;;/p-2. The van der Waals surface area contributed by atoms with Gasteiger partial charge in [0.15, 0.2) is 0 Å². The molecule has 2 N–H and O–H groups in total. The molecule has 0 aliphatic heterocycles. The van der Waals surface area contributed by atoms with Crippen LogP contribution in [0.4, 0.5) is 0 Å². The van der Waals surface area contributed by atoms with E-state index in [-0.39, 0.29) is 34.0 Å². The van der Waals surface area contributed by atoms with E-state index >= 15 is 0 Å². The molecule has 0 aromatic rings. The van der Waals surface area contributed by atoms with Gasteiger partial charge in [0.1, 0.15) is 13.1 Å². The molecule has 0 saturated heterocycles. The molecule has 18 heavy (non-hydrogen) atoms. The third-order valence-corrected chi connectivity index (χ3v) is 3.12. The van der Waals surface area contributed by atoms with Crippen molar-refractivity contribution in [2.45, 2.75) is 13.8 Å². The van der Waals surface area contributed by atoms with Crippen LogP contribution in [-0.2, 0) is 0 Å². The number of likely N-dealkylation sites (N-methyl/N-ethyl adjacent to an activating group) is 2. The van der Waals surface area contributed by atoms with Gasteiger partial charge in [0.2, 0.25) is 0 Å². The highest BCUT2D eigenvalue weighted by Crippen LogP contribution is 1.92. The maximum atomic E-state index is 8.52. The highest BCUT2D eigenvalue weighted by atomic mass is 79.9. The minimum Gasteiger partial charge on any atom is -1.00 e. The molecule has 0 spiro atoms. The van der Waals surface area contributed by atoms with Crippen molar-refractivity contribution in [1.82, 2.24) is 0 Å². The average molecular weight is 396 g/mol. The number of hydrogen-bond acceptors (Lipinski definition) is 2. The Kier molecular flexibility index (Phi) is 21.5. The lowest BCUT2D eigenvalue weighted by Crippen LogP contribution is -3.00. The van der Waals surface area contributed by atoms with Crippen molar-refractivity contribution in [2.24, 2.45) is 0 Å². The predicted molar refractivity (Wildman–Crippen MR) is 69.2 cm³/mol. The van der Waals surface area contributed by atoms with Crippen LogP contribution in [0, 0.1) is 0 Å². The quantitative estimate of drug-likeness (QED) is 0.440. The average Bonchev–Trinajstić information content (AvgIpc) is 2.19. The van der Waals surface area contributed by atoms with Crippen molar-refractivity contribution in [3.63, 3.8) is 0 Å². The van der Waals surface area contributed by atoms with Crippen molar-refractivity contribution >= 4 is 0 Å². The fraction of sp³-hybridized carbons (Fsp3) is 1.00. The monoisotopic (exact) mass is 394 g/mol. The van der Waals surface area contributed by atoms with Crippen molar-refractivity contribution in [2.75, 3.05) is 67.6 Å². The second kappa shape index (κ2) is 14.2. The summed E-state index contributed by atoms with van der Waals surface area (Å²) in [5.74, 6) is 0. The largest absolute Gasteiger partial charge is 1.00 e. The molecule has 0 rings (SSSR count). The van der Waals surface area contributed by atoms with E-state index in [4.69, 9.17) is 10.2 Å². The number of rotatable bonds is 6. The summed E-state index contributed by atoms with van der Waals surface area (Å²) in [7, 11) is 8.43. The van der Waals surface area contributed by atoms with Crippen LogP contribution in [0.2, 0.25) is 0 Å². The molecule has 116 valence electrons. The van der Waals surface area contributed by atoms with Crippen LogP contribution >= 0.6 is 0 Å². The first-order valence-corrected chi connectivity index (χ1v) is 6.10. The van der Waals surface area contributed by atoms with Crippen molar-refractivity contribution in [3.8, 4) is 0 Å². The molecular formula is C12H32Br2N2O2. The van der Waals surface area contributed by atoms with Crippen LogP contribution in [0.5, 0.6) is 0 Å². The van der Waals surface area contributed by atoms with Gasteiger partial charge in [-0.05, 0) is 13.8 Å². The molecule has 0 heterocycles. The summed E-state index contributed by atoms with van der Waals surface area (Å²) in [5.41, 5.74) is 0. The fourth-order valence-electron chi connectivity index (χ4n) is 0.858. The molecule has 0 fully saturated rings. The zero-order valence-electron chi connectivity index (χ0n) is 12.8. The maximum Gasteiger partial charge on any atom is 0.102 e. The Bertz CT molecular complexity index is 150. The molecule has 0 aliphatic rings. The van der Waals surface area contributed by atoms with E-state index in [0.717, 1.165) is 35.1 Å². The smallest absolute Gasteiger partial charge is 0.102 e. The van der Waals surface area contributed by atoms with Gasteiger partial charge >= 0.3 is 0 Å². The van der Waals surface area contributed by atoms with Gasteiger partial charge < -0.3 is 53.1 Å². The summed E-state index contributed by atoms with van der Waals surface area (Å²) in [5, 5.41) is 17.0. The van der Waals surface area contributed by atoms with Gasteiger partial charge in [-0.3, -0.25) is 0 Å². The minimum absolute atomic E-state index is 0. The summed E-state index contributed by atoms with van der Waals surface area (Å²) < 4.78 is 1.83. The Hall–Kier alpha value is 0.800. The van der Waals surface area contributed by atoms with E-state index in [1.165, 1.54) is 0 Å². The van der Waals surface area contributed by atoms with E-state index in [1.54, 1.807) is 0 Å². The first kappa shape index (κ1) is 27.2. The van der Waals surface area contributed by atoms with Gasteiger partial charge in [-0.25, -0.2) is 0 Å². The van der Waals surface area contributed by atoms with Gasteiger partial charge in [-0.1, -0.05) is 0 Å². The first-order chi connectivity index (χ1) is 7.24. The molecule has 0 aromatic heterocycles. The first-order valence-electron chi connectivity index (χ1n) is 6.10. The third kappa shape index (κ3) is 19.1. The third-order valence-electron chi connectivity index (χ3n) is 3.12. The summed E-state index contributed by atoms with van der Waals surface area (Å²) in [6.45, 7) is 8.71. The van der Waals surface area contributed by atoms with Gasteiger partial charge in [-0.15, -0.1) is 0 Å². The van der Waals surface area contributed by atoms with Gasteiger partial charge in [-0.2, -0.15) is 0 Å². The molecule has 0 atom stereocenters. The summed E-state index contributed by atoms with van der Waals surface area (Å²) in [6, 6.07) is 0. The summed E-state index contributed by atoms with van der Waals surface area (Å²) in [6.07, 6.45) is 0. The van der Waals surface area contributed by atoms with Crippen LogP contribution in [-0.4, -0.2) is 86.8 Å². The van der Waals surface area contributed by atoms with Crippen molar-refractivity contribution < 1.29 is 53.1 Å². The van der Waals surface area contributed by atoms with Crippen molar-refractivity contribution in [3.05, 3.63) is 0 Å². The van der Waals surface area contributed by atoms with Crippen LogP contribution in [0.1, 0.15) is 13.8 Å². The number of hydrogen-bond donors (Lipinski definition) is 2. The highest BCUT2D eigenvalue weighted by Gasteiger charge is 2.08. The van der Waals surface area contributed by atoms with Crippen LogP contribution in [0.3, 0.4) is 0 Å². The molecule has 0 aliphatic carbocycles. The zero-order valence-corrected chi connectivity index (χ0v) is 16.0. The predicted octanol–water partition coefficient (Wildman–Crippen LogP) is -5.84. The molecule has 0 aromatic carbocycles. The van der Waals surface area contributed by atoms with Crippen LogP contribution < -0.4 is 34.0 Å². The van der Waals surface area contributed by atoms with E-state index in [9.17, 15) is 0 Å². The Morgan fingerprint density at radius 2 is 0.889 bits per heavy atom. The van der Waals surface area contributed by atoms with E-state index in [1.807, 2.05) is 0 Å². The van der Waals surface area contributed by atoms with E-state index in [0.29, 0.717) is 13.2 Å². The Labute approximate surface area is 134 Å². The van der Waals surface area contributed by atoms with Crippen LogP contribution in [0.25, 0.3) is 0 Å². The molecule has 0 amide bonds. The lowest BCUT2D eigenvalue weighted by molar-refractivity contribution is -0.888. The molecular weight excluding hydrogens is 364 g/mol. The molecule has 0 bridgehead atoms. The number of aliphatic hydroxyl groups excluding tert-OH is 2. The summed E-state index contributed by atoms with van der Waals surface area (Å²) in [4.78, 5) is 0. The van der Waals surface area contributed by atoms with Gasteiger partial charge in [0.25, 0.3) is 0 Å². The fourth-order valence-corrected chi connectivity index (χ4v) is 0.858.